The fraction of sp³-hybridized carbons (Fsp3) is 0.364. The van der Waals surface area contributed by atoms with E-state index < -0.39 is 11.5 Å². The Bertz CT molecular complexity index is 361. The van der Waals surface area contributed by atoms with Crippen LogP contribution in [0.25, 0.3) is 0 Å². The zero-order chi connectivity index (χ0) is 11.5. The van der Waals surface area contributed by atoms with Crippen LogP contribution < -0.4 is 5.32 Å². The molecule has 0 fully saturated rings. The summed E-state index contributed by atoms with van der Waals surface area (Å²) < 4.78 is 0.884. The van der Waals surface area contributed by atoms with Crippen molar-refractivity contribution in [2.24, 2.45) is 0 Å². The molecule has 0 aromatic heterocycles. The van der Waals surface area contributed by atoms with Gasteiger partial charge in [-0.05, 0) is 31.2 Å². The third kappa shape index (κ3) is 2.21. The van der Waals surface area contributed by atoms with Gasteiger partial charge in [0.15, 0.2) is 0 Å². The summed E-state index contributed by atoms with van der Waals surface area (Å²) in [5, 5.41) is 12.2. The van der Waals surface area contributed by atoms with Gasteiger partial charge in [-0.1, -0.05) is 35.0 Å². The van der Waals surface area contributed by atoms with E-state index in [-0.39, 0.29) is 0 Å². The molecule has 0 aliphatic rings. The van der Waals surface area contributed by atoms with Crippen LogP contribution in [0.5, 0.6) is 0 Å². The molecule has 82 valence electrons. The standard InChI is InChI=1S/C11H14BrNO2/c1-3-11(13-2,10(14)15)8-5-4-6-9(12)7-8/h4-7,13H,3H2,1-2H3,(H,14,15). The van der Waals surface area contributed by atoms with Gasteiger partial charge in [-0.15, -0.1) is 0 Å². The number of halogens is 1. The predicted molar refractivity (Wildman–Crippen MR) is 62.8 cm³/mol. The highest BCUT2D eigenvalue weighted by atomic mass is 79.9. The van der Waals surface area contributed by atoms with Gasteiger partial charge in [0.2, 0.25) is 0 Å². The lowest BCUT2D eigenvalue weighted by Crippen LogP contribution is -2.46. The maximum Gasteiger partial charge on any atom is 0.328 e. The van der Waals surface area contributed by atoms with Crippen LogP contribution >= 0.6 is 15.9 Å². The van der Waals surface area contributed by atoms with Gasteiger partial charge < -0.3 is 10.4 Å². The maximum absolute atomic E-state index is 11.3. The first kappa shape index (κ1) is 12.2. The van der Waals surface area contributed by atoms with Crippen LogP contribution in [0.15, 0.2) is 28.7 Å². The summed E-state index contributed by atoms with van der Waals surface area (Å²) in [5.41, 5.74) is -0.238. The molecule has 0 bridgehead atoms. The highest BCUT2D eigenvalue weighted by Gasteiger charge is 2.36. The van der Waals surface area contributed by atoms with Crippen LogP contribution in [0.1, 0.15) is 18.9 Å². The average Bonchev–Trinajstić information content (AvgIpc) is 2.20. The maximum atomic E-state index is 11.3. The van der Waals surface area contributed by atoms with Crippen molar-refractivity contribution >= 4 is 21.9 Å². The lowest BCUT2D eigenvalue weighted by atomic mass is 9.87. The predicted octanol–water partition coefficient (Wildman–Crippen LogP) is 2.36. The van der Waals surface area contributed by atoms with Crippen molar-refractivity contribution in [3.63, 3.8) is 0 Å². The van der Waals surface area contributed by atoms with Gasteiger partial charge in [-0.2, -0.15) is 0 Å². The lowest BCUT2D eigenvalue weighted by Gasteiger charge is -2.28. The lowest BCUT2D eigenvalue weighted by molar-refractivity contribution is -0.145. The minimum absolute atomic E-state index is 0.495. The number of nitrogens with one attached hydrogen (secondary N) is 1. The first-order chi connectivity index (χ1) is 7.06. The molecule has 4 heteroatoms. The van der Waals surface area contributed by atoms with Crippen molar-refractivity contribution in [1.29, 1.82) is 0 Å². The minimum atomic E-state index is -0.996. The van der Waals surface area contributed by atoms with E-state index in [0.29, 0.717) is 6.42 Å². The van der Waals surface area contributed by atoms with Crippen molar-refractivity contribution in [3.05, 3.63) is 34.3 Å². The number of benzene rings is 1. The van der Waals surface area contributed by atoms with Crippen molar-refractivity contribution in [1.82, 2.24) is 5.32 Å². The molecule has 1 rings (SSSR count). The topological polar surface area (TPSA) is 49.3 Å². The molecule has 0 spiro atoms. The van der Waals surface area contributed by atoms with E-state index in [0.717, 1.165) is 10.0 Å². The molecule has 0 aliphatic heterocycles. The van der Waals surface area contributed by atoms with Crippen LogP contribution in [-0.4, -0.2) is 18.1 Å². The van der Waals surface area contributed by atoms with Gasteiger partial charge in [-0.25, -0.2) is 4.79 Å². The molecule has 1 atom stereocenters. The first-order valence-corrected chi connectivity index (χ1v) is 5.54. The number of rotatable bonds is 4. The van der Waals surface area contributed by atoms with Crippen molar-refractivity contribution in [2.45, 2.75) is 18.9 Å². The molecule has 0 saturated heterocycles. The Morgan fingerprint density at radius 1 is 1.60 bits per heavy atom. The Morgan fingerprint density at radius 3 is 2.67 bits per heavy atom. The number of carbonyl (C=O) groups is 1. The Labute approximate surface area is 97.6 Å². The first-order valence-electron chi connectivity index (χ1n) is 4.75. The Kier molecular flexibility index (Phi) is 3.88. The highest BCUT2D eigenvalue weighted by molar-refractivity contribution is 9.10. The second-order valence-electron chi connectivity index (χ2n) is 3.32. The van der Waals surface area contributed by atoms with Gasteiger partial charge in [0.1, 0.15) is 5.54 Å². The Morgan fingerprint density at radius 2 is 2.27 bits per heavy atom. The number of aliphatic carboxylic acids is 1. The molecule has 1 unspecified atom stereocenters. The average molecular weight is 272 g/mol. The van der Waals surface area contributed by atoms with E-state index in [1.807, 2.05) is 31.2 Å². The van der Waals surface area contributed by atoms with E-state index in [2.05, 4.69) is 21.2 Å². The zero-order valence-corrected chi connectivity index (χ0v) is 10.3. The second kappa shape index (κ2) is 4.77. The Hall–Kier alpha value is -0.870. The molecular weight excluding hydrogens is 258 g/mol. The molecule has 0 saturated carbocycles. The zero-order valence-electron chi connectivity index (χ0n) is 8.75. The summed E-state index contributed by atoms with van der Waals surface area (Å²) in [5.74, 6) is -0.856. The Balaban J connectivity index is 3.26. The summed E-state index contributed by atoms with van der Waals surface area (Å²) >= 11 is 3.34. The molecule has 3 nitrogen and oxygen atoms in total. The second-order valence-corrected chi connectivity index (χ2v) is 4.24. The molecule has 0 heterocycles. The van der Waals surface area contributed by atoms with Gasteiger partial charge in [-0.3, -0.25) is 0 Å². The summed E-state index contributed by atoms with van der Waals surface area (Å²) in [6, 6.07) is 7.36. The van der Waals surface area contributed by atoms with Crippen LogP contribution in [0.3, 0.4) is 0 Å². The molecule has 1 aromatic rings. The van der Waals surface area contributed by atoms with Gasteiger partial charge in [0, 0.05) is 4.47 Å². The van der Waals surface area contributed by atoms with Crippen molar-refractivity contribution in [3.8, 4) is 0 Å². The van der Waals surface area contributed by atoms with Gasteiger partial charge in [0.05, 0.1) is 0 Å². The van der Waals surface area contributed by atoms with Crippen LogP contribution in [0.4, 0.5) is 0 Å². The summed E-state index contributed by atoms with van der Waals surface area (Å²) in [7, 11) is 1.67. The normalized spacial score (nSPS) is 14.6. The highest BCUT2D eigenvalue weighted by Crippen LogP contribution is 2.27. The van der Waals surface area contributed by atoms with Crippen molar-refractivity contribution < 1.29 is 9.90 Å². The molecule has 0 aliphatic carbocycles. The molecular formula is C11H14BrNO2. The molecule has 1 aromatic carbocycles. The third-order valence-electron chi connectivity index (χ3n) is 2.64. The van der Waals surface area contributed by atoms with Crippen LogP contribution in [0.2, 0.25) is 0 Å². The minimum Gasteiger partial charge on any atom is -0.480 e. The SMILES string of the molecule is CCC(NC)(C(=O)O)c1cccc(Br)c1. The van der Waals surface area contributed by atoms with Crippen LogP contribution in [-0.2, 0) is 10.3 Å². The summed E-state index contributed by atoms with van der Waals surface area (Å²) in [4.78, 5) is 11.3. The van der Waals surface area contributed by atoms with E-state index in [4.69, 9.17) is 0 Å². The summed E-state index contributed by atoms with van der Waals surface area (Å²) in [6.07, 6.45) is 0.495. The summed E-state index contributed by atoms with van der Waals surface area (Å²) in [6.45, 7) is 1.85. The van der Waals surface area contributed by atoms with E-state index in [9.17, 15) is 9.90 Å². The van der Waals surface area contributed by atoms with E-state index in [1.54, 1.807) is 7.05 Å². The fourth-order valence-electron chi connectivity index (χ4n) is 1.66. The number of hydrogen-bond donors (Lipinski definition) is 2. The largest absolute Gasteiger partial charge is 0.480 e. The van der Waals surface area contributed by atoms with Gasteiger partial charge >= 0.3 is 5.97 Å². The fourth-order valence-corrected chi connectivity index (χ4v) is 2.06. The van der Waals surface area contributed by atoms with E-state index in [1.165, 1.54) is 0 Å². The molecule has 2 N–H and O–H groups in total. The smallest absolute Gasteiger partial charge is 0.328 e. The van der Waals surface area contributed by atoms with Crippen molar-refractivity contribution in [2.75, 3.05) is 7.05 Å². The number of hydrogen-bond acceptors (Lipinski definition) is 2. The molecule has 15 heavy (non-hydrogen) atoms. The number of carboxylic acid groups (broad SMARTS) is 1. The molecule has 0 radical (unpaired) electrons. The number of carboxylic acids is 1. The van der Waals surface area contributed by atoms with Gasteiger partial charge in [0.25, 0.3) is 0 Å². The van der Waals surface area contributed by atoms with E-state index >= 15 is 0 Å². The monoisotopic (exact) mass is 271 g/mol. The number of likely N-dealkylation sites (N-methyl/N-ethyl adjacent to an activating group) is 1. The quantitative estimate of drug-likeness (QED) is 0.884. The van der Waals surface area contributed by atoms with Crippen LogP contribution in [0, 0.1) is 0 Å². The molecule has 0 amide bonds. The third-order valence-corrected chi connectivity index (χ3v) is 3.13.